The molecule has 0 bridgehead atoms. The van der Waals surface area contributed by atoms with Crippen molar-refractivity contribution < 1.29 is 9.21 Å². The van der Waals surface area contributed by atoms with Gasteiger partial charge in [0.25, 0.3) is 5.91 Å². The van der Waals surface area contributed by atoms with Crippen LogP contribution in [0, 0.1) is 0 Å². The van der Waals surface area contributed by atoms with E-state index in [0.29, 0.717) is 24.4 Å². The summed E-state index contributed by atoms with van der Waals surface area (Å²) in [6.07, 6.45) is 2.36. The highest BCUT2D eigenvalue weighted by Crippen LogP contribution is 2.10. The normalized spacial score (nSPS) is 12.3. The number of carbonyl (C=O) groups is 1. The van der Waals surface area contributed by atoms with Crippen LogP contribution in [0.1, 0.15) is 35.5 Å². The molecule has 2 aromatic rings. The molecule has 1 atom stereocenters. The number of nitrogens with two attached hydrogens (primary N) is 1. The van der Waals surface area contributed by atoms with Crippen LogP contribution in [0.25, 0.3) is 0 Å². The predicted octanol–water partition coefficient (Wildman–Crippen LogP) is 2.42. The molecule has 0 fully saturated rings. The zero-order valence-corrected chi connectivity index (χ0v) is 14.5. The van der Waals surface area contributed by atoms with E-state index in [-0.39, 0.29) is 11.9 Å². The van der Waals surface area contributed by atoms with Gasteiger partial charge in [0, 0.05) is 12.6 Å². The average Bonchev–Trinajstić information content (AvgIpc) is 3.10. The fourth-order valence-electron chi connectivity index (χ4n) is 2.88. The van der Waals surface area contributed by atoms with Gasteiger partial charge < -0.3 is 15.5 Å². The zero-order valence-electron chi connectivity index (χ0n) is 14.5. The molecule has 1 unspecified atom stereocenters. The van der Waals surface area contributed by atoms with Crippen molar-refractivity contribution in [2.45, 2.75) is 32.9 Å². The van der Waals surface area contributed by atoms with E-state index in [4.69, 9.17) is 10.2 Å². The number of benzene rings is 1. The van der Waals surface area contributed by atoms with Crippen LogP contribution in [0.5, 0.6) is 0 Å². The van der Waals surface area contributed by atoms with Gasteiger partial charge in [-0.15, -0.1) is 0 Å². The third-order valence-corrected chi connectivity index (χ3v) is 4.26. The summed E-state index contributed by atoms with van der Waals surface area (Å²) < 4.78 is 5.23. The molecule has 0 aliphatic heterocycles. The van der Waals surface area contributed by atoms with Crippen LogP contribution in [-0.2, 0) is 13.0 Å². The summed E-state index contributed by atoms with van der Waals surface area (Å²) >= 11 is 0. The number of amides is 1. The molecule has 1 amide bonds. The van der Waals surface area contributed by atoms with Gasteiger partial charge >= 0.3 is 0 Å². The van der Waals surface area contributed by atoms with Crippen molar-refractivity contribution in [2.75, 3.05) is 19.6 Å². The Balaban J connectivity index is 2.00. The fourth-order valence-corrected chi connectivity index (χ4v) is 2.88. The summed E-state index contributed by atoms with van der Waals surface area (Å²) in [6, 6.07) is 12.3. The Bertz CT molecular complexity index is 621. The summed E-state index contributed by atoms with van der Waals surface area (Å²) in [7, 11) is 0. The SMILES string of the molecule is CCN(CC)C(CNC(=O)c1coc(CN)c1)Cc1ccccc1. The molecule has 1 heterocycles. The van der Waals surface area contributed by atoms with Crippen molar-refractivity contribution in [1.82, 2.24) is 10.2 Å². The molecule has 130 valence electrons. The van der Waals surface area contributed by atoms with E-state index >= 15 is 0 Å². The molecule has 0 aliphatic rings. The second-order valence-corrected chi connectivity index (χ2v) is 5.78. The van der Waals surface area contributed by atoms with E-state index < -0.39 is 0 Å². The quantitative estimate of drug-likeness (QED) is 0.741. The Morgan fingerprint density at radius 3 is 2.54 bits per heavy atom. The number of furan rings is 1. The fraction of sp³-hybridized carbons (Fsp3) is 0.421. The van der Waals surface area contributed by atoms with Gasteiger partial charge in [-0.3, -0.25) is 9.69 Å². The lowest BCUT2D eigenvalue weighted by molar-refractivity contribution is 0.0934. The highest BCUT2D eigenvalue weighted by Gasteiger charge is 2.18. The van der Waals surface area contributed by atoms with Gasteiger partial charge in [-0.2, -0.15) is 0 Å². The number of hydrogen-bond acceptors (Lipinski definition) is 4. The van der Waals surface area contributed by atoms with Gasteiger partial charge in [-0.05, 0) is 31.1 Å². The van der Waals surface area contributed by atoms with Crippen molar-refractivity contribution >= 4 is 5.91 Å². The zero-order chi connectivity index (χ0) is 17.4. The minimum absolute atomic E-state index is 0.122. The minimum Gasteiger partial charge on any atom is -0.467 e. The van der Waals surface area contributed by atoms with Crippen LogP contribution in [0.2, 0.25) is 0 Å². The van der Waals surface area contributed by atoms with Gasteiger partial charge in [-0.1, -0.05) is 44.2 Å². The van der Waals surface area contributed by atoms with E-state index in [0.717, 1.165) is 19.5 Å². The largest absolute Gasteiger partial charge is 0.467 e. The minimum atomic E-state index is -0.122. The van der Waals surface area contributed by atoms with Crippen LogP contribution >= 0.6 is 0 Å². The molecule has 5 nitrogen and oxygen atoms in total. The van der Waals surface area contributed by atoms with Gasteiger partial charge in [0.2, 0.25) is 0 Å². The van der Waals surface area contributed by atoms with Crippen LogP contribution in [-0.4, -0.2) is 36.5 Å². The Hall–Kier alpha value is -2.11. The Labute approximate surface area is 143 Å². The Morgan fingerprint density at radius 2 is 1.96 bits per heavy atom. The van der Waals surface area contributed by atoms with Gasteiger partial charge in [-0.25, -0.2) is 0 Å². The number of rotatable bonds is 9. The first-order valence-corrected chi connectivity index (χ1v) is 8.51. The van der Waals surface area contributed by atoms with Crippen LogP contribution in [0.3, 0.4) is 0 Å². The molecule has 0 aliphatic carbocycles. The van der Waals surface area contributed by atoms with Crippen molar-refractivity contribution in [3.63, 3.8) is 0 Å². The molecule has 0 radical (unpaired) electrons. The van der Waals surface area contributed by atoms with E-state index in [1.165, 1.54) is 11.8 Å². The lowest BCUT2D eigenvalue weighted by Crippen LogP contribution is -2.45. The molecule has 0 saturated heterocycles. The number of carbonyl (C=O) groups excluding carboxylic acids is 1. The van der Waals surface area contributed by atoms with Crippen molar-refractivity contribution in [3.8, 4) is 0 Å². The molecule has 0 saturated carbocycles. The van der Waals surface area contributed by atoms with Gasteiger partial charge in [0.1, 0.15) is 12.0 Å². The number of likely N-dealkylation sites (N-methyl/N-ethyl adjacent to an activating group) is 1. The molecule has 24 heavy (non-hydrogen) atoms. The molecular weight excluding hydrogens is 302 g/mol. The van der Waals surface area contributed by atoms with E-state index in [1.54, 1.807) is 6.07 Å². The molecule has 5 heteroatoms. The van der Waals surface area contributed by atoms with E-state index in [1.807, 2.05) is 18.2 Å². The highest BCUT2D eigenvalue weighted by atomic mass is 16.3. The van der Waals surface area contributed by atoms with E-state index in [2.05, 4.69) is 36.2 Å². The molecule has 2 rings (SSSR count). The molecule has 1 aromatic carbocycles. The smallest absolute Gasteiger partial charge is 0.254 e. The first kappa shape index (κ1) is 18.2. The number of nitrogens with one attached hydrogen (secondary N) is 1. The van der Waals surface area contributed by atoms with Crippen molar-refractivity contribution in [3.05, 3.63) is 59.5 Å². The third-order valence-electron chi connectivity index (χ3n) is 4.26. The summed E-state index contributed by atoms with van der Waals surface area (Å²) in [6.45, 7) is 7.08. The standard InChI is InChI=1S/C19H27N3O2/c1-3-22(4-2)17(10-15-8-6-5-7-9-15)13-21-19(23)16-11-18(12-20)24-14-16/h5-9,11,14,17H,3-4,10,12-13,20H2,1-2H3,(H,21,23). The third kappa shape index (κ3) is 4.94. The van der Waals surface area contributed by atoms with Gasteiger partial charge in [0.05, 0.1) is 12.1 Å². The maximum Gasteiger partial charge on any atom is 0.254 e. The maximum atomic E-state index is 12.3. The lowest BCUT2D eigenvalue weighted by atomic mass is 10.0. The van der Waals surface area contributed by atoms with E-state index in [9.17, 15) is 4.79 Å². The average molecular weight is 329 g/mol. The van der Waals surface area contributed by atoms with Crippen molar-refractivity contribution in [2.24, 2.45) is 5.73 Å². The summed E-state index contributed by atoms with van der Waals surface area (Å²) in [5.74, 6) is 0.494. The topological polar surface area (TPSA) is 71.5 Å². The first-order chi connectivity index (χ1) is 11.7. The van der Waals surface area contributed by atoms with Crippen LogP contribution < -0.4 is 11.1 Å². The highest BCUT2D eigenvalue weighted by molar-refractivity contribution is 5.93. The number of hydrogen-bond donors (Lipinski definition) is 2. The Kier molecular flexibility index (Phi) is 7.03. The second kappa shape index (κ2) is 9.25. The van der Waals surface area contributed by atoms with Crippen LogP contribution in [0.4, 0.5) is 0 Å². The second-order valence-electron chi connectivity index (χ2n) is 5.78. The van der Waals surface area contributed by atoms with Crippen LogP contribution in [0.15, 0.2) is 47.1 Å². The molecule has 0 spiro atoms. The maximum absolute atomic E-state index is 12.3. The Morgan fingerprint density at radius 1 is 1.25 bits per heavy atom. The molecule has 3 N–H and O–H groups in total. The van der Waals surface area contributed by atoms with Gasteiger partial charge in [0.15, 0.2) is 0 Å². The predicted molar refractivity (Wildman–Crippen MR) is 95.8 cm³/mol. The van der Waals surface area contributed by atoms with Crippen molar-refractivity contribution in [1.29, 1.82) is 0 Å². The lowest BCUT2D eigenvalue weighted by Gasteiger charge is -2.30. The summed E-state index contributed by atoms with van der Waals surface area (Å²) in [4.78, 5) is 14.7. The number of nitrogens with zero attached hydrogens (tertiary/aromatic N) is 1. The summed E-state index contributed by atoms with van der Waals surface area (Å²) in [5, 5.41) is 3.02. The molecule has 1 aromatic heterocycles. The first-order valence-electron chi connectivity index (χ1n) is 8.51. The molecular formula is C19H27N3O2. The summed E-state index contributed by atoms with van der Waals surface area (Å²) in [5.41, 5.74) is 7.31. The monoisotopic (exact) mass is 329 g/mol.